The molecule has 1 aromatic heterocycles. The summed E-state index contributed by atoms with van der Waals surface area (Å²) in [4.78, 5) is 16.5. The summed E-state index contributed by atoms with van der Waals surface area (Å²) in [7, 11) is 0. The fourth-order valence-corrected chi connectivity index (χ4v) is 4.90. The lowest BCUT2D eigenvalue weighted by molar-refractivity contribution is -0.118. The van der Waals surface area contributed by atoms with E-state index in [0.717, 1.165) is 30.3 Å². The minimum Gasteiger partial charge on any atom is -0.482 e. The van der Waals surface area contributed by atoms with Crippen molar-refractivity contribution in [3.8, 4) is 5.75 Å². The van der Waals surface area contributed by atoms with Crippen LogP contribution in [0.2, 0.25) is 0 Å². The van der Waals surface area contributed by atoms with Gasteiger partial charge in [-0.2, -0.15) is 0 Å². The molecule has 25 heavy (non-hydrogen) atoms. The predicted octanol–water partition coefficient (Wildman–Crippen LogP) is 5.04. The third kappa shape index (κ3) is 4.13. The first kappa shape index (κ1) is 18.2. The van der Waals surface area contributed by atoms with Crippen LogP contribution in [0.25, 0.3) is 10.2 Å². The number of ether oxygens (including phenoxy) is 1. The number of carbonyl (C=O) groups is 1. The van der Waals surface area contributed by atoms with E-state index in [2.05, 4.69) is 42.2 Å². The second-order valence-corrected chi connectivity index (χ2v) is 8.39. The van der Waals surface area contributed by atoms with Crippen LogP contribution in [-0.4, -0.2) is 17.5 Å². The minimum atomic E-state index is -0.231. The molecule has 1 heterocycles. The van der Waals surface area contributed by atoms with Crippen molar-refractivity contribution in [3.63, 3.8) is 0 Å². The molecule has 2 aromatic carbocycles. The Bertz CT molecular complexity index is 949. The van der Waals surface area contributed by atoms with Gasteiger partial charge in [-0.15, -0.1) is 0 Å². The Hall–Kier alpha value is -1.64. The molecule has 0 aliphatic heterocycles. The van der Waals surface area contributed by atoms with Crippen molar-refractivity contribution in [2.45, 2.75) is 13.8 Å². The standard InChI is InChI=1S/C17H15Br2N3O2S/c1-8-4-11(6-13-15(8)22-17(20)25-13)21-14(23)7-24-16-9(2)3-10(18)5-12(16)19/h3-6H,7H2,1-2H3,(H2,20,22)(H,21,23). The molecule has 0 unspecified atom stereocenters. The highest BCUT2D eigenvalue weighted by molar-refractivity contribution is 9.11. The Morgan fingerprint density at radius 2 is 2.00 bits per heavy atom. The van der Waals surface area contributed by atoms with Gasteiger partial charge in [0, 0.05) is 10.2 Å². The highest BCUT2D eigenvalue weighted by Gasteiger charge is 2.12. The van der Waals surface area contributed by atoms with E-state index >= 15 is 0 Å². The van der Waals surface area contributed by atoms with Crippen molar-refractivity contribution < 1.29 is 9.53 Å². The summed E-state index contributed by atoms with van der Waals surface area (Å²) in [5.74, 6) is 0.422. The molecule has 3 N–H and O–H groups in total. The van der Waals surface area contributed by atoms with Gasteiger partial charge in [-0.25, -0.2) is 4.98 Å². The third-order valence-corrected chi connectivity index (χ3v) is 5.41. The van der Waals surface area contributed by atoms with Crippen molar-refractivity contribution in [3.05, 3.63) is 44.3 Å². The van der Waals surface area contributed by atoms with Crippen molar-refractivity contribution >= 4 is 70.1 Å². The van der Waals surface area contributed by atoms with Gasteiger partial charge >= 0.3 is 0 Å². The van der Waals surface area contributed by atoms with Crippen LogP contribution in [0.3, 0.4) is 0 Å². The monoisotopic (exact) mass is 483 g/mol. The fourth-order valence-electron chi connectivity index (χ4n) is 2.49. The van der Waals surface area contributed by atoms with E-state index in [0.29, 0.717) is 16.6 Å². The van der Waals surface area contributed by atoms with Crippen LogP contribution in [0.15, 0.2) is 33.2 Å². The number of halogens is 2. The van der Waals surface area contributed by atoms with E-state index in [9.17, 15) is 4.79 Å². The Morgan fingerprint density at radius 3 is 2.72 bits per heavy atom. The maximum absolute atomic E-state index is 12.2. The number of thiazole rings is 1. The zero-order valence-corrected chi connectivity index (χ0v) is 17.5. The largest absolute Gasteiger partial charge is 0.482 e. The van der Waals surface area contributed by atoms with Gasteiger partial charge in [0.2, 0.25) is 0 Å². The van der Waals surface area contributed by atoms with E-state index in [1.807, 2.05) is 38.1 Å². The van der Waals surface area contributed by atoms with Crippen molar-refractivity contribution in [2.75, 3.05) is 17.7 Å². The first-order valence-electron chi connectivity index (χ1n) is 7.38. The predicted molar refractivity (Wildman–Crippen MR) is 109 cm³/mol. The van der Waals surface area contributed by atoms with Gasteiger partial charge in [-0.1, -0.05) is 27.3 Å². The summed E-state index contributed by atoms with van der Waals surface area (Å²) in [6, 6.07) is 7.56. The normalized spacial score (nSPS) is 10.9. The number of nitrogen functional groups attached to an aromatic ring is 1. The molecule has 0 aliphatic rings. The molecule has 130 valence electrons. The quantitative estimate of drug-likeness (QED) is 0.543. The molecular formula is C17H15Br2N3O2S. The van der Waals surface area contributed by atoms with E-state index in [1.54, 1.807) is 0 Å². The van der Waals surface area contributed by atoms with Crippen LogP contribution >= 0.6 is 43.2 Å². The molecule has 3 rings (SSSR count). The Kier molecular flexibility index (Phi) is 5.31. The van der Waals surface area contributed by atoms with Crippen LogP contribution < -0.4 is 15.8 Å². The van der Waals surface area contributed by atoms with Crippen LogP contribution in [0, 0.1) is 13.8 Å². The number of benzene rings is 2. The highest BCUT2D eigenvalue weighted by atomic mass is 79.9. The number of aryl methyl sites for hydroxylation is 2. The van der Waals surface area contributed by atoms with Gasteiger partial charge < -0.3 is 15.8 Å². The SMILES string of the molecule is Cc1cc(Br)cc(Br)c1OCC(=O)Nc1cc(C)c2nc(N)sc2c1. The third-order valence-electron chi connectivity index (χ3n) is 3.53. The van der Waals surface area contributed by atoms with E-state index in [1.165, 1.54) is 11.3 Å². The molecule has 0 bridgehead atoms. The molecule has 0 saturated heterocycles. The molecule has 0 spiro atoms. The molecule has 8 heteroatoms. The van der Waals surface area contributed by atoms with Gasteiger partial charge in [-0.05, 0) is 65.2 Å². The average molecular weight is 485 g/mol. The minimum absolute atomic E-state index is 0.0804. The van der Waals surface area contributed by atoms with Crippen LogP contribution in [0.1, 0.15) is 11.1 Å². The van der Waals surface area contributed by atoms with Gasteiger partial charge in [0.25, 0.3) is 5.91 Å². The smallest absolute Gasteiger partial charge is 0.262 e. The summed E-state index contributed by atoms with van der Waals surface area (Å²) in [5, 5.41) is 3.37. The second-order valence-electron chi connectivity index (χ2n) is 5.56. The molecule has 1 amide bonds. The summed E-state index contributed by atoms with van der Waals surface area (Å²) < 4.78 is 8.36. The molecule has 0 fully saturated rings. The Balaban J connectivity index is 1.71. The number of amides is 1. The van der Waals surface area contributed by atoms with Crippen LogP contribution in [0.5, 0.6) is 5.75 Å². The molecule has 5 nitrogen and oxygen atoms in total. The molecule has 0 aliphatic carbocycles. The molecule has 0 atom stereocenters. The van der Waals surface area contributed by atoms with Crippen molar-refractivity contribution in [1.29, 1.82) is 0 Å². The fraction of sp³-hybridized carbons (Fsp3) is 0.176. The molecular weight excluding hydrogens is 470 g/mol. The van der Waals surface area contributed by atoms with Gasteiger partial charge in [0.05, 0.1) is 14.7 Å². The topological polar surface area (TPSA) is 77.2 Å². The van der Waals surface area contributed by atoms with E-state index < -0.39 is 0 Å². The van der Waals surface area contributed by atoms with Gasteiger partial charge in [0.15, 0.2) is 11.7 Å². The zero-order valence-electron chi connectivity index (χ0n) is 13.5. The number of rotatable bonds is 4. The highest BCUT2D eigenvalue weighted by Crippen LogP contribution is 2.32. The molecule has 3 aromatic rings. The lowest BCUT2D eigenvalue weighted by Crippen LogP contribution is -2.20. The summed E-state index contributed by atoms with van der Waals surface area (Å²) >= 11 is 8.27. The van der Waals surface area contributed by atoms with E-state index in [-0.39, 0.29) is 12.5 Å². The number of nitrogens with two attached hydrogens (primary N) is 1. The number of anilines is 2. The number of aromatic nitrogens is 1. The van der Waals surface area contributed by atoms with Gasteiger partial charge in [-0.3, -0.25) is 4.79 Å². The Morgan fingerprint density at radius 1 is 1.24 bits per heavy atom. The maximum Gasteiger partial charge on any atom is 0.262 e. The summed E-state index contributed by atoms with van der Waals surface area (Å²) in [5.41, 5.74) is 9.23. The first-order valence-corrected chi connectivity index (χ1v) is 9.78. The number of hydrogen-bond acceptors (Lipinski definition) is 5. The lowest BCUT2D eigenvalue weighted by atomic mass is 10.2. The lowest BCUT2D eigenvalue weighted by Gasteiger charge is -2.12. The number of nitrogens with zero attached hydrogens (tertiary/aromatic N) is 1. The maximum atomic E-state index is 12.2. The van der Waals surface area contributed by atoms with Crippen LogP contribution in [-0.2, 0) is 4.79 Å². The second kappa shape index (κ2) is 7.31. The first-order chi connectivity index (χ1) is 11.8. The number of carbonyl (C=O) groups excluding carboxylic acids is 1. The zero-order chi connectivity index (χ0) is 18.1. The number of fused-ring (bicyclic) bond motifs is 1. The molecule has 0 radical (unpaired) electrons. The average Bonchev–Trinajstić information content (AvgIpc) is 2.87. The summed E-state index contributed by atoms with van der Waals surface area (Å²) in [6.07, 6.45) is 0. The van der Waals surface area contributed by atoms with Crippen molar-refractivity contribution in [1.82, 2.24) is 4.98 Å². The van der Waals surface area contributed by atoms with E-state index in [4.69, 9.17) is 10.5 Å². The van der Waals surface area contributed by atoms with Gasteiger partial charge in [0.1, 0.15) is 5.75 Å². The van der Waals surface area contributed by atoms with Crippen molar-refractivity contribution in [2.24, 2.45) is 0 Å². The molecule has 0 saturated carbocycles. The Labute approximate surface area is 165 Å². The summed E-state index contributed by atoms with van der Waals surface area (Å²) in [6.45, 7) is 3.78. The number of nitrogens with one attached hydrogen (secondary N) is 1. The number of hydrogen-bond donors (Lipinski definition) is 2. The van der Waals surface area contributed by atoms with Crippen LogP contribution in [0.4, 0.5) is 10.8 Å².